The molecular weight excluding hydrogens is 158 g/mol. The minimum absolute atomic E-state index is 0. The Hall–Kier alpha value is -1.52. The van der Waals surface area contributed by atoms with E-state index in [1.807, 2.05) is 0 Å². The minimum Gasteiger partial charge on any atom is -0.344 e. The van der Waals surface area contributed by atoms with Crippen molar-refractivity contribution in [3.8, 4) is 12.3 Å². The summed E-state index contributed by atoms with van der Waals surface area (Å²) in [4.78, 5) is 0. The van der Waals surface area contributed by atoms with Gasteiger partial charge in [0.1, 0.15) is 0 Å². The fourth-order valence-corrected chi connectivity index (χ4v) is 1.60. The maximum atomic E-state index is 5.25. The molecule has 0 radical (unpaired) electrons. The summed E-state index contributed by atoms with van der Waals surface area (Å²) >= 11 is 0. The topological polar surface area (TPSA) is 35.0 Å². The van der Waals surface area contributed by atoms with Crippen LogP contribution in [0.25, 0.3) is 6.08 Å². The van der Waals surface area contributed by atoms with Crippen LogP contribution in [0.4, 0.5) is 0 Å². The highest BCUT2D eigenvalue weighted by atomic mass is 14.1. The average Bonchev–Trinajstić information content (AvgIpc) is 2.47. The van der Waals surface area contributed by atoms with Gasteiger partial charge >= 0.3 is 0 Å². The lowest BCUT2D eigenvalue weighted by molar-refractivity contribution is 1.13. The van der Waals surface area contributed by atoms with Crippen molar-refractivity contribution < 1.29 is 0 Å². The second kappa shape index (κ2) is 3.93. The van der Waals surface area contributed by atoms with E-state index < -0.39 is 0 Å². The molecule has 0 amide bonds. The molecule has 1 nitrogen and oxygen atoms in total. The number of fused-ring (bicyclic) bond motifs is 1. The first kappa shape index (κ1) is 9.57. The van der Waals surface area contributed by atoms with E-state index in [1.54, 1.807) is 0 Å². The fraction of sp³-hybridized carbons (Fsp3) is 0.167. The van der Waals surface area contributed by atoms with Crippen LogP contribution in [0, 0.1) is 12.3 Å². The van der Waals surface area contributed by atoms with Gasteiger partial charge in [-0.3, -0.25) is 0 Å². The Kier molecular flexibility index (Phi) is 2.89. The van der Waals surface area contributed by atoms with E-state index in [9.17, 15) is 0 Å². The van der Waals surface area contributed by atoms with Crippen LogP contribution >= 0.6 is 0 Å². The van der Waals surface area contributed by atoms with Crippen molar-refractivity contribution in [2.45, 2.75) is 12.8 Å². The molecule has 0 aliphatic heterocycles. The van der Waals surface area contributed by atoms with Gasteiger partial charge in [0.05, 0.1) is 0 Å². The Morgan fingerprint density at radius 2 is 2.08 bits per heavy atom. The molecule has 1 aliphatic rings. The summed E-state index contributed by atoms with van der Waals surface area (Å²) < 4.78 is 0. The summed E-state index contributed by atoms with van der Waals surface area (Å²) in [7, 11) is 0. The molecule has 0 heterocycles. The van der Waals surface area contributed by atoms with E-state index in [-0.39, 0.29) is 6.15 Å². The molecule has 0 atom stereocenters. The summed E-state index contributed by atoms with van der Waals surface area (Å²) in [5.41, 5.74) is 4.10. The summed E-state index contributed by atoms with van der Waals surface area (Å²) in [6.07, 6.45) is 9.28. The average molecular weight is 171 g/mol. The van der Waals surface area contributed by atoms with Gasteiger partial charge in [0.15, 0.2) is 0 Å². The molecule has 0 aromatic heterocycles. The molecule has 0 saturated carbocycles. The molecule has 3 N–H and O–H groups in total. The highest BCUT2D eigenvalue weighted by Gasteiger charge is 2.09. The fourth-order valence-electron chi connectivity index (χ4n) is 1.60. The molecule has 0 spiro atoms. The van der Waals surface area contributed by atoms with Crippen LogP contribution in [-0.4, -0.2) is 0 Å². The second-order valence-corrected chi connectivity index (χ2v) is 3.06. The van der Waals surface area contributed by atoms with Crippen molar-refractivity contribution >= 4 is 6.08 Å². The second-order valence-electron chi connectivity index (χ2n) is 3.06. The van der Waals surface area contributed by atoms with Gasteiger partial charge in [-0.2, -0.15) is 0 Å². The van der Waals surface area contributed by atoms with Crippen molar-refractivity contribution in [1.82, 2.24) is 6.15 Å². The summed E-state index contributed by atoms with van der Waals surface area (Å²) in [5, 5.41) is 0. The van der Waals surface area contributed by atoms with E-state index in [0.29, 0.717) is 0 Å². The zero-order valence-corrected chi connectivity index (χ0v) is 7.59. The zero-order chi connectivity index (χ0) is 8.39. The standard InChI is InChI=1S/C12H10.H3N/c1-2-5-10-8-11-6-3-4-7-12(11)9-10;/h1,3-4,6-8H,5,9H2;1H3. The number of hydrogen-bond donors (Lipinski definition) is 1. The summed E-state index contributed by atoms with van der Waals surface area (Å²) in [6, 6.07) is 8.44. The quantitative estimate of drug-likeness (QED) is 0.648. The smallest absolute Gasteiger partial charge is 0.0303 e. The molecule has 1 aromatic carbocycles. The van der Waals surface area contributed by atoms with Crippen LogP contribution in [0.3, 0.4) is 0 Å². The predicted octanol–water partition coefficient (Wildman–Crippen LogP) is 2.81. The van der Waals surface area contributed by atoms with Gasteiger partial charge in [-0.1, -0.05) is 35.9 Å². The Morgan fingerprint density at radius 3 is 2.77 bits per heavy atom. The highest BCUT2D eigenvalue weighted by Crippen LogP contribution is 2.25. The third-order valence-electron chi connectivity index (χ3n) is 2.16. The van der Waals surface area contributed by atoms with Crippen LogP contribution < -0.4 is 6.15 Å². The van der Waals surface area contributed by atoms with Crippen molar-refractivity contribution in [2.75, 3.05) is 0 Å². The number of hydrogen-bond acceptors (Lipinski definition) is 1. The van der Waals surface area contributed by atoms with E-state index >= 15 is 0 Å². The van der Waals surface area contributed by atoms with Crippen LogP contribution in [0.15, 0.2) is 29.8 Å². The van der Waals surface area contributed by atoms with Crippen LogP contribution in [0.2, 0.25) is 0 Å². The predicted molar refractivity (Wildman–Crippen MR) is 56.6 cm³/mol. The third kappa shape index (κ3) is 1.80. The number of allylic oxidation sites excluding steroid dienone is 1. The van der Waals surface area contributed by atoms with Gasteiger partial charge in [-0.05, 0) is 17.5 Å². The number of rotatable bonds is 1. The molecule has 1 heteroatoms. The van der Waals surface area contributed by atoms with Gasteiger partial charge in [0.2, 0.25) is 0 Å². The van der Waals surface area contributed by atoms with E-state index in [2.05, 4.69) is 36.3 Å². The maximum absolute atomic E-state index is 5.25. The van der Waals surface area contributed by atoms with Crippen LogP contribution in [0.1, 0.15) is 17.5 Å². The molecule has 0 fully saturated rings. The first-order chi connectivity index (χ1) is 5.90. The van der Waals surface area contributed by atoms with Crippen molar-refractivity contribution in [2.24, 2.45) is 0 Å². The summed E-state index contributed by atoms with van der Waals surface area (Å²) in [6.45, 7) is 0. The van der Waals surface area contributed by atoms with Gasteiger partial charge in [-0.25, -0.2) is 0 Å². The van der Waals surface area contributed by atoms with Crippen LogP contribution in [-0.2, 0) is 6.42 Å². The van der Waals surface area contributed by atoms with E-state index in [1.165, 1.54) is 16.7 Å². The first-order valence-electron chi connectivity index (χ1n) is 4.11. The normalized spacial score (nSPS) is 12.4. The maximum Gasteiger partial charge on any atom is 0.0303 e. The number of terminal acetylenes is 1. The third-order valence-corrected chi connectivity index (χ3v) is 2.16. The van der Waals surface area contributed by atoms with Gasteiger partial charge < -0.3 is 6.15 Å². The lowest BCUT2D eigenvalue weighted by atomic mass is 10.1. The van der Waals surface area contributed by atoms with Crippen molar-refractivity contribution in [3.05, 3.63) is 41.0 Å². The molecule has 0 saturated heterocycles. The molecule has 66 valence electrons. The Balaban J connectivity index is 0.000000845. The molecule has 1 aromatic rings. The highest BCUT2D eigenvalue weighted by molar-refractivity contribution is 5.64. The largest absolute Gasteiger partial charge is 0.344 e. The summed E-state index contributed by atoms with van der Waals surface area (Å²) in [5.74, 6) is 2.68. The minimum atomic E-state index is 0. The molecule has 0 unspecified atom stereocenters. The lowest BCUT2D eigenvalue weighted by Gasteiger charge is -1.95. The monoisotopic (exact) mass is 171 g/mol. The Labute approximate surface area is 79.1 Å². The molecular formula is C12H13N. The Morgan fingerprint density at radius 1 is 1.31 bits per heavy atom. The Bertz CT molecular complexity index is 369. The van der Waals surface area contributed by atoms with E-state index in [4.69, 9.17) is 6.42 Å². The molecule has 2 rings (SSSR count). The first-order valence-corrected chi connectivity index (χ1v) is 4.11. The number of benzene rings is 1. The lowest BCUT2D eigenvalue weighted by Crippen LogP contribution is -1.82. The van der Waals surface area contributed by atoms with Crippen molar-refractivity contribution in [1.29, 1.82) is 0 Å². The van der Waals surface area contributed by atoms with Gasteiger partial charge in [0, 0.05) is 6.42 Å². The molecule has 0 bridgehead atoms. The molecule has 1 aliphatic carbocycles. The zero-order valence-electron chi connectivity index (χ0n) is 7.59. The van der Waals surface area contributed by atoms with E-state index in [0.717, 1.165) is 12.8 Å². The molecule has 13 heavy (non-hydrogen) atoms. The van der Waals surface area contributed by atoms with Gasteiger partial charge in [-0.15, -0.1) is 12.3 Å². The SMILES string of the molecule is C#CCC1=Cc2ccccc2C1.N. The van der Waals surface area contributed by atoms with Crippen molar-refractivity contribution in [3.63, 3.8) is 0 Å². The van der Waals surface area contributed by atoms with Gasteiger partial charge in [0.25, 0.3) is 0 Å². The van der Waals surface area contributed by atoms with Crippen LogP contribution in [0.5, 0.6) is 0 Å².